The van der Waals surface area contributed by atoms with Gasteiger partial charge >= 0.3 is 0 Å². The van der Waals surface area contributed by atoms with Gasteiger partial charge in [0.1, 0.15) is 11.5 Å². The summed E-state index contributed by atoms with van der Waals surface area (Å²) in [5, 5.41) is 21.7. The smallest absolute Gasteiger partial charge is 0.256 e. The van der Waals surface area contributed by atoms with Crippen LogP contribution in [0.3, 0.4) is 0 Å². The molecule has 0 radical (unpaired) electrons. The molecule has 2 rings (SSSR count). The van der Waals surface area contributed by atoms with E-state index in [1.165, 1.54) is 18.2 Å². The summed E-state index contributed by atoms with van der Waals surface area (Å²) in [5.74, 6) is -0.461. The monoisotopic (exact) mass is 287 g/mol. The van der Waals surface area contributed by atoms with Crippen molar-refractivity contribution in [2.75, 3.05) is 16.8 Å². The van der Waals surface area contributed by atoms with Gasteiger partial charge in [0.15, 0.2) is 0 Å². The van der Waals surface area contributed by atoms with Gasteiger partial charge in [-0.25, -0.2) is 0 Å². The summed E-state index contributed by atoms with van der Waals surface area (Å²) in [6, 6.07) is 5.85. The highest BCUT2D eigenvalue weighted by molar-refractivity contribution is 6.07. The van der Waals surface area contributed by atoms with Gasteiger partial charge in [0, 0.05) is 11.3 Å². The van der Waals surface area contributed by atoms with Gasteiger partial charge < -0.3 is 27.0 Å². The molecular formula is C15H17N3O3. The zero-order chi connectivity index (χ0) is 15.7. The molecule has 0 fully saturated rings. The molecule has 0 spiro atoms. The lowest BCUT2D eigenvalue weighted by Gasteiger charge is -2.13. The molecule has 0 aliphatic carbocycles. The molecule has 6 heteroatoms. The normalized spacial score (nSPS) is 10.4. The average Bonchev–Trinajstić information content (AvgIpc) is 2.45. The largest absolute Gasteiger partial charge is 0.506 e. The van der Waals surface area contributed by atoms with Gasteiger partial charge in [-0.3, -0.25) is 4.79 Å². The summed E-state index contributed by atoms with van der Waals surface area (Å²) in [4.78, 5) is 12.3. The molecule has 7 N–H and O–H groups in total. The number of rotatable bonds is 2. The van der Waals surface area contributed by atoms with E-state index in [1.54, 1.807) is 19.9 Å². The first kappa shape index (κ1) is 14.5. The summed E-state index contributed by atoms with van der Waals surface area (Å²) in [5.41, 5.74) is 13.7. The van der Waals surface area contributed by atoms with Crippen molar-refractivity contribution in [2.24, 2.45) is 0 Å². The first-order valence-electron chi connectivity index (χ1n) is 6.30. The highest BCUT2D eigenvalue weighted by Crippen LogP contribution is 2.31. The molecule has 6 nitrogen and oxygen atoms in total. The summed E-state index contributed by atoms with van der Waals surface area (Å²) in [6.45, 7) is 3.35. The number of nitrogens with one attached hydrogen (secondary N) is 1. The Kier molecular flexibility index (Phi) is 3.62. The Labute approximate surface area is 122 Å². The van der Waals surface area contributed by atoms with Gasteiger partial charge in [-0.1, -0.05) is 0 Å². The molecule has 0 aromatic heterocycles. The number of hydrogen-bond donors (Lipinski definition) is 5. The molecule has 0 saturated carbocycles. The molecule has 0 atom stereocenters. The van der Waals surface area contributed by atoms with Crippen LogP contribution in [0.5, 0.6) is 11.5 Å². The van der Waals surface area contributed by atoms with Crippen molar-refractivity contribution < 1.29 is 15.0 Å². The maximum absolute atomic E-state index is 12.3. The zero-order valence-corrected chi connectivity index (χ0v) is 11.8. The fraction of sp³-hybridized carbons (Fsp3) is 0.133. The Hall–Kier alpha value is -2.89. The minimum absolute atomic E-state index is 0.0319. The topological polar surface area (TPSA) is 122 Å². The van der Waals surface area contributed by atoms with Crippen LogP contribution >= 0.6 is 0 Å². The highest BCUT2D eigenvalue weighted by atomic mass is 16.3. The third kappa shape index (κ3) is 2.55. The van der Waals surface area contributed by atoms with E-state index in [1.807, 2.05) is 0 Å². The van der Waals surface area contributed by atoms with Crippen LogP contribution in [-0.2, 0) is 0 Å². The van der Waals surface area contributed by atoms with Gasteiger partial charge in [0.2, 0.25) is 0 Å². The fourth-order valence-electron chi connectivity index (χ4n) is 2.00. The number of amides is 1. The van der Waals surface area contributed by atoms with Crippen molar-refractivity contribution in [3.05, 3.63) is 41.0 Å². The van der Waals surface area contributed by atoms with Gasteiger partial charge in [0.05, 0.1) is 11.4 Å². The van der Waals surface area contributed by atoms with E-state index in [4.69, 9.17) is 11.5 Å². The molecule has 2 aromatic carbocycles. The first-order chi connectivity index (χ1) is 9.82. The van der Waals surface area contributed by atoms with E-state index < -0.39 is 0 Å². The predicted molar refractivity (Wildman–Crippen MR) is 82.5 cm³/mol. The van der Waals surface area contributed by atoms with E-state index in [-0.39, 0.29) is 28.8 Å². The van der Waals surface area contributed by atoms with E-state index >= 15 is 0 Å². The number of carbonyl (C=O) groups is 1. The third-order valence-electron chi connectivity index (χ3n) is 3.48. The standard InChI is InChI=1S/C15H17N3O3/c1-7-9(3-5-11(19)13(7)16)15(21)18-10-4-6-12(20)14(17)8(10)2/h3-6,19-20H,16-17H2,1-2H3,(H,18,21). The fourth-order valence-corrected chi connectivity index (χ4v) is 2.00. The lowest BCUT2D eigenvalue weighted by Crippen LogP contribution is -2.15. The zero-order valence-electron chi connectivity index (χ0n) is 11.8. The highest BCUT2D eigenvalue weighted by Gasteiger charge is 2.15. The van der Waals surface area contributed by atoms with Crippen LogP contribution in [0.2, 0.25) is 0 Å². The Balaban J connectivity index is 2.35. The number of benzene rings is 2. The number of nitrogen functional groups attached to an aromatic ring is 2. The number of anilines is 3. The Morgan fingerprint density at radius 3 is 2.10 bits per heavy atom. The lowest BCUT2D eigenvalue weighted by atomic mass is 10.0. The van der Waals surface area contributed by atoms with Crippen LogP contribution in [0, 0.1) is 13.8 Å². The molecular weight excluding hydrogens is 270 g/mol. The molecule has 0 unspecified atom stereocenters. The van der Waals surface area contributed by atoms with Crippen molar-refractivity contribution >= 4 is 23.0 Å². The minimum Gasteiger partial charge on any atom is -0.506 e. The van der Waals surface area contributed by atoms with Gasteiger partial charge in [-0.2, -0.15) is 0 Å². The third-order valence-corrected chi connectivity index (χ3v) is 3.48. The summed E-state index contributed by atoms with van der Waals surface area (Å²) in [6.07, 6.45) is 0. The minimum atomic E-state index is -0.368. The molecule has 21 heavy (non-hydrogen) atoms. The number of phenols is 2. The maximum atomic E-state index is 12.3. The number of hydrogen-bond acceptors (Lipinski definition) is 5. The van der Waals surface area contributed by atoms with Crippen LogP contribution in [-0.4, -0.2) is 16.1 Å². The van der Waals surface area contributed by atoms with Crippen LogP contribution < -0.4 is 16.8 Å². The van der Waals surface area contributed by atoms with E-state index in [9.17, 15) is 15.0 Å². The molecule has 1 amide bonds. The number of aromatic hydroxyl groups is 2. The van der Waals surface area contributed by atoms with Crippen LogP contribution in [0.1, 0.15) is 21.5 Å². The Bertz CT molecular complexity index is 727. The van der Waals surface area contributed by atoms with Crippen molar-refractivity contribution in [3.8, 4) is 11.5 Å². The number of carbonyl (C=O) groups excluding carboxylic acids is 1. The number of nitrogens with two attached hydrogens (primary N) is 2. The second kappa shape index (κ2) is 5.24. The second-order valence-electron chi connectivity index (χ2n) is 4.80. The van der Waals surface area contributed by atoms with Crippen LogP contribution in [0.25, 0.3) is 0 Å². The van der Waals surface area contributed by atoms with Crippen LogP contribution in [0.15, 0.2) is 24.3 Å². The summed E-state index contributed by atoms with van der Waals surface area (Å²) >= 11 is 0. The Morgan fingerprint density at radius 2 is 1.48 bits per heavy atom. The van der Waals surface area contributed by atoms with E-state index in [2.05, 4.69) is 5.32 Å². The molecule has 2 aromatic rings. The molecule has 0 heterocycles. The quantitative estimate of drug-likeness (QED) is 0.329. The molecule has 0 aliphatic heterocycles. The van der Waals surface area contributed by atoms with E-state index in [0.29, 0.717) is 22.4 Å². The predicted octanol–water partition coefficient (Wildman–Crippen LogP) is 2.13. The first-order valence-corrected chi connectivity index (χ1v) is 6.30. The molecule has 0 saturated heterocycles. The maximum Gasteiger partial charge on any atom is 0.256 e. The Morgan fingerprint density at radius 1 is 0.952 bits per heavy atom. The van der Waals surface area contributed by atoms with Crippen LogP contribution in [0.4, 0.5) is 17.1 Å². The molecule has 0 aliphatic rings. The SMILES string of the molecule is Cc1c(NC(=O)c2ccc(O)c(N)c2C)ccc(O)c1N. The average molecular weight is 287 g/mol. The lowest BCUT2D eigenvalue weighted by molar-refractivity contribution is 0.102. The molecule has 110 valence electrons. The van der Waals surface area contributed by atoms with Crippen molar-refractivity contribution in [1.82, 2.24) is 0 Å². The van der Waals surface area contributed by atoms with Crippen molar-refractivity contribution in [1.29, 1.82) is 0 Å². The number of phenolic OH excluding ortho intramolecular Hbond substituents is 2. The van der Waals surface area contributed by atoms with Crippen molar-refractivity contribution in [3.63, 3.8) is 0 Å². The summed E-state index contributed by atoms with van der Waals surface area (Å²) in [7, 11) is 0. The summed E-state index contributed by atoms with van der Waals surface area (Å²) < 4.78 is 0. The van der Waals surface area contributed by atoms with Gasteiger partial charge in [-0.05, 0) is 49.2 Å². The van der Waals surface area contributed by atoms with Crippen molar-refractivity contribution in [2.45, 2.75) is 13.8 Å². The second-order valence-corrected chi connectivity index (χ2v) is 4.80. The van der Waals surface area contributed by atoms with E-state index in [0.717, 1.165) is 0 Å². The van der Waals surface area contributed by atoms with Gasteiger partial charge in [0.25, 0.3) is 5.91 Å². The van der Waals surface area contributed by atoms with Gasteiger partial charge in [-0.15, -0.1) is 0 Å². The molecule has 0 bridgehead atoms.